The van der Waals surface area contributed by atoms with Crippen LogP contribution in [0.2, 0.25) is 0 Å². The lowest BCUT2D eigenvalue weighted by Crippen LogP contribution is -2.15. The van der Waals surface area contributed by atoms with Gasteiger partial charge in [0.2, 0.25) is 5.91 Å². The summed E-state index contributed by atoms with van der Waals surface area (Å²) in [5.74, 6) is 0.110. The first-order chi connectivity index (χ1) is 19.3. The fraction of sp³-hybridized carbons (Fsp3) is 0.100. The highest BCUT2D eigenvalue weighted by Gasteiger charge is 2.17. The largest absolute Gasteiger partial charge is 0.332 e. The monoisotopic (exact) mass is 569 g/mol. The molecule has 0 bridgehead atoms. The zero-order valence-corrected chi connectivity index (χ0v) is 23.5. The summed E-state index contributed by atoms with van der Waals surface area (Å²) in [6, 6.07) is 27.3. The van der Waals surface area contributed by atoms with Crippen LogP contribution in [0.4, 0.5) is 11.5 Å². The summed E-state index contributed by atoms with van der Waals surface area (Å²) in [6.07, 6.45) is 1.50. The first kappa shape index (κ1) is 27.2. The summed E-state index contributed by atoms with van der Waals surface area (Å²) in [6.45, 7) is 4.09. The van der Waals surface area contributed by atoms with Gasteiger partial charge in [-0.3, -0.25) is 9.52 Å². The van der Waals surface area contributed by atoms with Crippen molar-refractivity contribution in [3.8, 4) is 22.5 Å². The molecular weight excluding hydrogens is 542 g/mol. The Morgan fingerprint density at radius 1 is 0.850 bits per heavy atom. The van der Waals surface area contributed by atoms with Gasteiger partial charge in [-0.1, -0.05) is 77.5 Å². The Morgan fingerprint density at radius 2 is 1.50 bits per heavy atom. The van der Waals surface area contributed by atoms with E-state index in [2.05, 4.69) is 44.3 Å². The molecule has 0 saturated heterocycles. The highest BCUT2D eigenvalue weighted by molar-refractivity contribution is 7.99. The van der Waals surface area contributed by atoms with E-state index in [1.54, 1.807) is 30.3 Å². The van der Waals surface area contributed by atoms with E-state index in [9.17, 15) is 13.2 Å². The lowest BCUT2D eigenvalue weighted by molar-refractivity contribution is -0.113. The number of aromatic amines is 1. The van der Waals surface area contributed by atoms with Crippen LogP contribution in [0, 0.1) is 13.8 Å². The Balaban J connectivity index is 1.26. The van der Waals surface area contributed by atoms with E-state index in [1.807, 2.05) is 38.1 Å². The lowest BCUT2D eigenvalue weighted by Gasteiger charge is -2.08. The molecule has 5 rings (SSSR count). The van der Waals surface area contributed by atoms with Gasteiger partial charge >= 0.3 is 0 Å². The molecule has 0 atom stereocenters. The lowest BCUT2D eigenvalue weighted by atomic mass is 10.0. The average Bonchev–Trinajstić information content (AvgIpc) is 3.38. The number of hydrogen-bond donors (Lipinski definition) is 3. The van der Waals surface area contributed by atoms with Crippen molar-refractivity contribution in [2.24, 2.45) is 0 Å². The molecule has 0 fully saturated rings. The number of imidazole rings is 1. The SMILES string of the molecule is Cc1ccc(-c2nc(SCC(=O)Nc3ccc(S(=O)(=O)Nc4ccccn4)cc3)[nH]c2-c2ccc(C)cc2)cc1. The Labute approximate surface area is 237 Å². The van der Waals surface area contributed by atoms with Crippen molar-refractivity contribution in [1.29, 1.82) is 0 Å². The standard InChI is InChI=1S/C30H27N5O3S2/c1-20-6-10-22(11-7-20)28-29(23-12-8-21(2)9-13-23)34-30(33-28)39-19-27(36)32-24-14-16-25(17-15-24)40(37,38)35-26-5-3-4-18-31-26/h3-18H,19H2,1-2H3,(H,31,35)(H,32,36)(H,33,34). The zero-order chi connectivity index (χ0) is 28.1. The van der Waals surface area contributed by atoms with E-state index in [4.69, 9.17) is 4.98 Å². The number of anilines is 2. The molecule has 2 heterocycles. The normalized spacial score (nSPS) is 11.2. The van der Waals surface area contributed by atoms with Crippen molar-refractivity contribution in [2.75, 3.05) is 15.8 Å². The van der Waals surface area contributed by atoms with Crippen LogP contribution in [0.1, 0.15) is 11.1 Å². The van der Waals surface area contributed by atoms with Crippen LogP contribution in [-0.4, -0.2) is 35.0 Å². The number of aromatic nitrogens is 3. The molecule has 3 aromatic carbocycles. The summed E-state index contributed by atoms with van der Waals surface area (Å²) >= 11 is 1.30. The van der Waals surface area contributed by atoms with Gasteiger partial charge in [0.15, 0.2) is 5.16 Å². The van der Waals surface area contributed by atoms with Gasteiger partial charge in [-0.05, 0) is 50.2 Å². The van der Waals surface area contributed by atoms with Crippen molar-refractivity contribution < 1.29 is 13.2 Å². The molecule has 8 nitrogen and oxygen atoms in total. The van der Waals surface area contributed by atoms with Gasteiger partial charge < -0.3 is 10.3 Å². The van der Waals surface area contributed by atoms with Crippen molar-refractivity contribution in [1.82, 2.24) is 15.0 Å². The molecule has 2 aromatic heterocycles. The number of carbonyl (C=O) groups is 1. The van der Waals surface area contributed by atoms with Crippen molar-refractivity contribution in [2.45, 2.75) is 23.9 Å². The molecule has 3 N–H and O–H groups in total. The van der Waals surface area contributed by atoms with Gasteiger partial charge in [0.05, 0.1) is 22.0 Å². The van der Waals surface area contributed by atoms with Gasteiger partial charge in [-0.25, -0.2) is 18.4 Å². The Morgan fingerprint density at radius 3 is 2.12 bits per heavy atom. The number of nitrogens with zero attached hydrogens (tertiary/aromatic N) is 2. The average molecular weight is 570 g/mol. The topological polar surface area (TPSA) is 117 Å². The Hall–Kier alpha value is -4.41. The van der Waals surface area contributed by atoms with Crippen LogP contribution in [0.25, 0.3) is 22.5 Å². The molecule has 0 aliphatic heterocycles. The zero-order valence-electron chi connectivity index (χ0n) is 21.9. The molecule has 0 aliphatic carbocycles. The molecule has 0 radical (unpaired) electrons. The second-order valence-electron chi connectivity index (χ2n) is 9.18. The fourth-order valence-electron chi connectivity index (χ4n) is 3.94. The van der Waals surface area contributed by atoms with Crippen LogP contribution in [-0.2, 0) is 14.8 Å². The van der Waals surface area contributed by atoms with E-state index in [1.165, 1.54) is 35.7 Å². The summed E-state index contributed by atoms with van der Waals surface area (Å²) in [5.41, 5.74) is 6.53. The Bertz CT molecular complexity index is 1650. The van der Waals surface area contributed by atoms with Gasteiger partial charge in [-0.2, -0.15) is 0 Å². The molecule has 0 spiro atoms. The van der Waals surface area contributed by atoms with E-state index < -0.39 is 10.0 Å². The summed E-state index contributed by atoms with van der Waals surface area (Å²) in [7, 11) is -3.80. The quantitative estimate of drug-likeness (QED) is 0.180. The van der Waals surface area contributed by atoms with Gasteiger partial charge in [0.25, 0.3) is 10.0 Å². The second kappa shape index (κ2) is 11.8. The third kappa shape index (κ3) is 6.59. The maximum atomic E-state index is 12.7. The first-order valence-corrected chi connectivity index (χ1v) is 14.9. The number of benzene rings is 3. The number of aryl methyl sites for hydroxylation is 2. The van der Waals surface area contributed by atoms with Gasteiger partial charge in [0.1, 0.15) is 5.82 Å². The predicted molar refractivity (Wildman–Crippen MR) is 160 cm³/mol. The third-order valence-corrected chi connectivity index (χ3v) is 8.28. The van der Waals surface area contributed by atoms with Crippen LogP contribution in [0.5, 0.6) is 0 Å². The summed E-state index contributed by atoms with van der Waals surface area (Å²) in [5, 5.41) is 3.44. The van der Waals surface area contributed by atoms with E-state index in [0.29, 0.717) is 10.8 Å². The maximum Gasteiger partial charge on any atom is 0.263 e. The van der Waals surface area contributed by atoms with Crippen molar-refractivity contribution >= 4 is 39.2 Å². The van der Waals surface area contributed by atoms with Gasteiger partial charge in [0, 0.05) is 23.0 Å². The van der Waals surface area contributed by atoms with Crippen molar-refractivity contribution in [3.05, 3.63) is 108 Å². The third-order valence-electron chi connectivity index (χ3n) is 6.04. The summed E-state index contributed by atoms with van der Waals surface area (Å²) in [4.78, 5) is 24.9. The summed E-state index contributed by atoms with van der Waals surface area (Å²) < 4.78 is 27.6. The maximum absolute atomic E-state index is 12.7. The molecule has 0 aliphatic rings. The van der Waals surface area contributed by atoms with E-state index >= 15 is 0 Å². The van der Waals surface area contributed by atoms with Crippen LogP contribution in [0.15, 0.2) is 107 Å². The number of H-pyrrole nitrogens is 1. The predicted octanol–water partition coefficient (Wildman–Crippen LogP) is 6.29. The fourth-order valence-corrected chi connectivity index (χ4v) is 5.62. The Kier molecular flexibility index (Phi) is 7.99. The number of hydrogen-bond acceptors (Lipinski definition) is 6. The molecule has 202 valence electrons. The van der Waals surface area contributed by atoms with Crippen LogP contribution in [0.3, 0.4) is 0 Å². The number of amides is 1. The number of carbonyl (C=O) groups excluding carboxylic acids is 1. The minimum Gasteiger partial charge on any atom is -0.332 e. The number of pyridine rings is 1. The number of sulfonamides is 1. The molecule has 40 heavy (non-hydrogen) atoms. The number of rotatable bonds is 9. The highest BCUT2D eigenvalue weighted by Crippen LogP contribution is 2.33. The molecule has 5 aromatic rings. The molecule has 0 unspecified atom stereocenters. The van der Waals surface area contributed by atoms with Crippen LogP contribution >= 0.6 is 11.8 Å². The second-order valence-corrected chi connectivity index (χ2v) is 11.8. The van der Waals surface area contributed by atoms with Gasteiger partial charge in [-0.15, -0.1) is 0 Å². The smallest absolute Gasteiger partial charge is 0.263 e. The van der Waals surface area contributed by atoms with E-state index in [-0.39, 0.29) is 22.4 Å². The molecule has 10 heteroatoms. The molecular formula is C30H27N5O3S2. The minimum absolute atomic E-state index is 0.0633. The minimum atomic E-state index is -3.80. The number of nitrogens with one attached hydrogen (secondary N) is 3. The number of thioether (sulfide) groups is 1. The van der Waals surface area contributed by atoms with E-state index in [0.717, 1.165) is 28.1 Å². The van der Waals surface area contributed by atoms with Crippen LogP contribution < -0.4 is 10.0 Å². The highest BCUT2D eigenvalue weighted by atomic mass is 32.2. The first-order valence-electron chi connectivity index (χ1n) is 12.5. The van der Waals surface area contributed by atoms with Crippen molar-refractivity contribution in [3.63, 3.8) is 0 Å². The molecule has 1 amide bonds. The molecule has 0 saturated carbocycles.